The molecule has 0 aromatic heterocycles. The first-order valence-corrected chi connectivity index (χ1v) is 9.76. The highest BCUT2D eigenvalue weighted by atomic mass is 35.5. The van der Waals surface area contributed by atoms with Crippen molar-refractivity contribution in [1.29, 1.82) is 0 Å². The van der Waals surface area contributed by atoms with Crippen LogP contribution in [0.3, 0.4) is 0 Å². The first-order chi connectivity index (χ1) is 12.7. The third-order valence-electron chi connectivity index (χ3n) is 3.34. The third kappa shape index (κ3) is 5.62. The Kier molecular flexibility index (Phi) is 7.11. The number of sulfonamides is 1. The van der Waals surface area contributed by atoms with Gasteiger partial charge in [0.1, 0.15) is 23.1 Å². The number of carbonyl (C=O) groups excluding carboxylic acids is 1. The van der Waals surface area contributed by atoms with Crippen LogP contribution in [-0.4, -0.2) is 27.5 Å². The Morgan fingerprint density at radius 1 is 1.19 bits per heavy atom. The van der Waals surface area contributed by atoms with Gasteiger partial charge in [0.15, 0.2) is 6.61 Å². The van der Waals surface area contributed by atoms with Gasteiger partial charge in [0.25, 0.3) is 5.91 Å². The number of amides is 1. The fourth-order valence-electron chi connectivity index (χ4n) is 2.02. The lowest BCUT2D eigenvalue weighted by atomic mass is 10.3. The van der Waals surface area contributed by atoms with E-state index in [4.69, 9.17) is 16.3 Å². The van der Waals surface area contributed by atoms with E-state index >= 15 is 0 Å². The molecule has 0 unspecified atom stereocenters. The molecule has 0 heterocycles. The van der Waals surface area contributed by atoms with E-state index in [0.717, 1.165) is 12.1 Å². The summed E-state index contributed by atoms with van der Waals surface area (Å²) in [6.07, 6.45) is 0.631. The maximum absolute atomic E-state index is 13.5. The van der Waals surface area contributed by atoms with E-state index in [2.05, 4.69) is 10.0 Å². The minimum atomic E-state index is -3.70. The van der Waals surface area contributed by atoms with Gasteiger partial charge in [0, 0.05) is 6.54 Å². The van der Waals surface area contributed by atoms with Crippen LogP contribution >= 0.6 is 11.6 Å². The Bertz CT molecular complexity index is 918. The van der Waals surface area contributed by atoms with E-state index in [0.29, 0.717) is 6.42 Å². The summed E-state index contributed by atoms with van der Waals surface area (Å²) in [7, 11) is -3.70. The molecule has 27 heavy (non-hydrogen) atoms. The summed E-state index contributed by atoms with van der Waals surface area (Å²) < 4.78 is 58.7. The molecule has 6 nitrogen and oxygen atoms in total. The fourth-order valence-corrected chi connectivity index (χ4v) is 3.48. The highest BCUT2D eigenvalue weighted by Crippen LogP contribution is 2.27. The van der Waals surface area contributed by atoms with Crippen molar-refractivity contribution in [3.8, 4) is 5.75 Å². The second-order valence-corrected chi connectivity index (χ2v) is 7.60. The number of rotatable bonds is 8. The van der Waals surface area contributed by atoms with Crippen LogP contribution in [0.5, 0.6) is 5.75 Å². The Hall–Kier alpha value is -2.23. The van der Waals surface area contributed by atoms with Crippen molar-refractivity contribution in [3.05, 3.63) is 53.1 Å². The van der Waals surface area contributed by atoms with Gasteiger partial charge in [-0.1, -0.05) is 24.6 Å². The monoisotopic (exact) mass is 418 g/mol. The predicted molar refractivity (Wildman–Crippen MR) is 97.4 cm³/mol. The normalized spacial score (nSPS) is 11.3. The number of nitrogens with one attached hydrogen (secondary N) is 2. The lowest BCUT2D eigenvalue weighted by molar-refractivity contribution is -0.118. The zero-order valence-corrected chi connectivity index (χ0v) is 15.8. The topological polar surface area (TPSA) is 84.5 Å². The van der Waals surface area contributed by atoms with Crippen LogP contribution < -0.4 is 14.8 Å². The van der Waals surface area contributed by atoms with Gasteiger partial charge in [-0.05, 0) is 36.8 Å². The molecule has 146 valence electrons. The summed E-state index contributed by atoms with van der Waals surface area (Å²) in [5.74, 6) is -2.60. The van der Waals surface area contributed by atoms with Crippen LogP contribution in [0.1, 0.15) is 13.3 Å². The van der Waals surface area contributed by atoms with Crippen molar-refractivity contribution in [2.24, 2.45) is 0 Å². The molecule has 2 N–H and O–H groups in total. The van der Waals surface area contributed by atoms with Crippen molar-refractivity contribution < 1.29 is 26.7 Å². The minimum absolute atomic E-state index is 0.0285. The molecule has 0 fully saturated rings. The number of anilines is 1. The second kappa shape index (κ2) is 9.12. The predicted octanol–water partition coefficient (Wildman–Crippen LogP) is 3.32. The lowest BCUT2D eigenvalue weighted by Crippen LogP contribution is -2.24. The number of benzene rings is 2. The van der Waals surface area contributed by atoms with Gasteiger partial charge < -0.3 is 10.1 Å². The molecule has 2 rings (SSSR count). The van der Waals surface area contributed by atoms with Crippen molar-refractivity contribution in [1.82, 2.24) is 4.72 Å². The van der Waals surface area contributed by atoms with Crippen LogP contribution in [0.4, 0.5) is 14.5 Å². The molecule has 0 aliphatic carbocycles. The average Bonchev–Trinajstić information content (AvgIpc) is 2.62. The number of hydrogen-bond acceptors (Lipinski definition) is 4. The zero-order chi connectivity index (χ0) is 20.0. The molecule has 2 aromatic carbocycles. The van der Waals surface area contributed by atoms with Crippen LogP contribution in [0, 0.1) is 11.6 Å². The molecule has 10 heteroatoms. The number of halogens is 3. The average molecular weight is 419 g/mol. The van der Waals surface area contributed by atoms with Crippen LogP contribution in [0.2, 0.25) is 5.02 Å². The van der Waals surface area contributed by atoms with E-state index < -0.39 is 39.9 Å². The quantitative estimate of drug-likeness (QED) is 0.688. The first-order valence-electron chi connectivity index (χ1n) is 7.90. The van der Waals surface area contributed by atoms with Gasteiger partial charge in [-0.25, -0.2) is 21.9 Å². The van der Waals surface area contributed by atoms with Crippen molar-refractivity contribution in [3.63, 3.8) is 0 Å². The molecule has 0 radical (unpaired) electrons. The molecule has 0 atom stereocenters. The van der Waals surface area contributed by atoms with Gasteiger partial charge >= 0.3 is 0 Å². The van der Waals surface area contributed by atoms with E-state index in [9.17, 15) is 22.0 Å². The standard InChI is InChI=1S/C17H17ClF2N2O4S/c1-2-8-21-27(24,25)11-6-7-15(12(18)9-11)26-10-16(23)22-17-13(19)4-3-5-14(17)20/h3-7,9,21H,2,8,10H2,1H3,(H,22,23). The zero-order valence-electron chi connectivity index (χ0n) is 14.3. The van der Waals surface area contributed by atoms with Gasteiger partial charge in [0.05, 0.1) is 9.92 Å². The smallest absolute Gasteiger partial charge is 0.262 e. The summed E-state index contributed by atoms with van der Waals surface area (Å²) in [5.41, 5.74) is -0.583. The Morgan fingerprint density at radius 3 is 2.44 bits per heavy atom. The van der Waals surface area contributed by atoms with Crippen molar-refractivity contribution in [2.75, 3.05) is 18.5 Å². The number of ether oxygens (including phenoxy) is 1. The highest BCUT2D eigenvalue weighted by Gasteiger charge is 2.17. The molecular weight excluding hydrogens is 402 g/mol. The van der Waals surface area contributed by atoms with Gasteiger partial charge in [-0.2, -0.15) is 0 Å². The summed E-state index contributed by atoms with van der Waals surface area (Å²) in [4.78, 5) is 11.8. The summed E-state index contributed by atoms with van der Waals surface area (Å²) in [5, 5.41) is 2.04. The Morgan fingerprint density at radius 2 is 1.85 bits per heavy atom. The molecule has 2 aromatic rings. The molecule has 0 aliphatic heterocycles. The van der Waals surface area contributed by atoms with E-state index in [1.807, 2.05) is 6.92 Å². The number of hydrogen-bond donors (Lipinski definition) is 2. The Balaban J connectivity index is 2.03. The maximum Gasteiger partial charge on any atom is 0.262 e. The highest BCUT2D eigenvalue weighted by molar-refractivity contribution is 7.89. The third-order valence-corrected chi connectivity index (χ3v) is 5.10. The van der Waals surface area contributed by atoms with Crippen LogP contribution in [0.15, 0.2) is 41.3 Å². The van der Waals surface area contributed by atoms with E-state index in [-0.39, 0.29) is 22.2 Å². The molecule has 0 bridgehead atoms. The molecule has 0 saturated carbocycles. The lowest BCUT2D eigenvalue weighted by Gasteiger charge is -2.11. The second-order valence-electron chi connectivity index (χ2n) is 5.42. The number of carbonyl (C=O) groups is 1. The van der Waals surface area contributed by atoms with Crippen LogP contribution in [0.25, 0.3) is 0 Å². The van der Waals surface area contributed by atoms with E-state index in [1.54, 1.807) is 0 Å². The molecule has 0 spiro atoms. The largest absolute Gasteiger partial charge is 0.482 e. The van der Waals surface area contributed by atoms with Gasteiger partial charge in [-0.15, -0.1) is 0 Å². The molecule has 0 aliphatic rings. The minimum Gasteiger partial charge on any atom is -0.482 e. The van der Waals surface area contributed by atoms with Crippen molar-refractivity contribution in [2.45, 2.75) is 18.2 Å². The maximum atomic E-state index is 13.5. The van der Waals surface area contributed by atoms with Crippen molar-refractivity contribution >= 4 is 33.2 Å². The van der Waals surface area contributed by atoms with Crippen LogP contribution in [-0.2, 0) is 14.8 Å². The summed E-state index contributed by atoms with van der Waals surface area (Å²) in [6, 6.07) is 6.92. The fraction of sp³-hybridized carbons (Fsp3) is 0.235. The molecule has 0 saturated heterocycles. The number of para-hydroxylation sites is 1. The summed E-state index contributed by atoms with van der Waals surface area (Å²) in [6.45, 7) is 1.53. The molecule has 1 amide bonds. The van der Waals surface area contributed by atoms with Gasteiger partial charge in [0.2, 0.25) is 10.0 Å². The summed E-state index contributed by atoms with van der Waals surface area (Å²) >= 11 is 5.99. The van der Waals surface area contributed by atoms with E-state index in [1.165, 1.54) is 24.3 Å². The molecular formula is C17H17ClF2N2O4S. The Labute approximate surface area is 160 Å². The SMILES string of the molecule is CCCNS(=O)(=O)c1ccc(OCC(=O)Nc2c(F)cccc2F)c(Cl)c1. The first kappa shape index (κ1) is 21.1. The van der Waals surface area contributed by atoms with Gasteiger partial charge in [-0.3, -0.25) is 4.79 Å².